The van der Waals surface area contributed by atoms with Crippen LogP contribution in [0.15, 0.2) is 0 Å². The lowest BCUT2D eigenvalue weighted by atomic mass is 9.80. The minimum absolute atomic E-state index is 0.472. The molecule has 0 bridgehead atoms. The summed E-state index contributed by atoms with van der Waals surface area (Å²) in [6.07, 6.45) is 2.64. The molecule has 0 saturated heterocycles. The second-order valence-electron chi connectivity index (χ2n) is 4.01. The molecule has 0 saturated carbocycles. The zero-order valence-electron chi connectivity index (χ0n) is 7.58. The average Bonchev–Trinajstić information content (AvgIpc) is 1.80. The molecule has 0 radical (unpaired) electrons. The predicted molar refractivity (Wildman–Crippen MR) is 51.6 cm³/mol. The van der Waals surface area contributed by atoms with Crippen molar-refractivity contribution in [1.29, 1.82) is 0 Å². The summed E-state index contributed by atoms with van der Waals surface area (Å²) in [4.78, 5) is 0. The molecule has 0 heterocycles. The molecule has 0 amide bonds. The number of rotatable bonds is 3. The molecule has 62 valence electrons. The predicted octanol–water partition coefficient (Wildman–Crippen LogP) is 3.84. The Kier molecular flexibility index (Phi) is 4.59. The number of hydrogen-bond donors (Lipinski definition) is 0. The van der Waals surface area contributed by atoms with Crippen LogP contribution in [0.2, 0.25) is 0 Å². The van der Waals surface area contributed by atoms with Crippen LogP contribution in [0, 0.1) is 11.3 Å². The lowest BCUT2D eigenvalue weighted by Gasteiger charge is -2.28. The summed E-state index contributed by atoms with van der Waals surface area (Å²) in [5.41, 5.74) is 0.472. The van der Waals surface area contributed by atoms with Gasteiger partial charge in [-0.15, -0.1) is 0 Å². The number of hydrogen-bond acceptors (Lipinski definition) is 0. The Balaban J connectivity index is 3.81. The summed E-state index contributed by atoms with van der Waals surface area (Å²) in [5, 5.41) is 1.14. The van der Waals surface area contributed by atoms with Crippen molar-refractivity contribution in [1.82, 2.24) is 0 Å². The third-order valence-electron chi connectivity index (χ3n) is 2.05. The van der Waals surface area contributed by atoms with E-state index in [4.69, 9.17) is 0 Å². The lowest BCUT2D eigenvalue weighted by Crippen LogP contribution is -2.21. The molecule has 0 rings (SSSR count). The van der Waals surface area contributed by atoms with E-state index in [-0.39, 0.29) is 0 Å². The van der Waals surface area contributed by atoms with Crippen molar-refractivity contribution in [3.63, 3.8) is 0 Å². The molecule has 0 aliphatic carbocycles. The first kappa shape index (κ1) is 10.5. The lowest BCUT2D eigenvalue weighted by molar-refractivity contribution is 0.252. The fourth-order valence-electron chi connectivity index (χ4n) is 1.09. The van der Waals surface area contributed by atoms with Gasteiger partial charge in [0.1, 0.15) is 0 Å². The standard InChI is InChI=1S/C9H19Br/c1-5-6-8(7-10)9(2,3)4/h8H,5-7H2,1-4H3. The molecule has 1 unspecified atom stereocenters. The normalized spacial score (nSPS) is 15.3. The van der Waals surface area contributed by atoms with Gasteiger partial charge in [0, 0.05) is 5.33 Å². The average molecular weight is 207 g/mol. The molecular formula is C9H19Br. The maximum atomic E-state index is 3.55. The maximum absolute atomic E-state index is 3.55. The van der Waals surface area contributed by atoms with Gasteiger partial charge in [0.25, 0.3) is 0 Å². The Bertz CT molecular complexity index is 81.2. The largest absolute Gasteiger partial charge is 0.0925 e. The monoisotopic (exact) mass is 206 g/mol. The summed E-state index contributed by atoms with van der Waals surface area (Å²) in [6.45, 7) is 9.19. The van der Waals surface area contributed by atoms with Crippen LogP contribution in [0.1, 0.15) is 40.5 Å². The second kappa shape index (κ2) is 4.38. The fourth-order valence-corrected chi connectivity index (χ4v) is 2.39. The van der Waals surface area contributed by atoms with Gasteiger partial charge >= 0.3 is 0 Å². The molecule has 0 aliphatic rings. The van der Waals surface area contributed by atoms with E-state index >= 15 is 0 Å². The Morgan fingerprint density at radius 1 is 1.30 bits per heavy atom. The topological polar surface area (TPSA) is 0 Å². The highest BCUT2D eigenvalue weighted by Gasteiger charge is 2.21. The van der Waals surface area contributed by atoms with Gasteiger partial charge in [-0.2, -0.15) is 0 Å². The highest BCUT2D eigenvalue weighted by atomic mass is 79.9. The van der Waals surface area contributed by atoms with Crippen LogP contribution in [0.25, 0.3) is 0 Å². The summed E-state index contributed by atoms with van der Waals surface area (Å²) >= 11 is 3.55. The Labute approximate surface area is 73.5 Å². The highest BCUT2D eigenvalue weighted by molar-refractivity contribution is 9.09. The van der Waals surface area contributed by atoms with Crippen molar-refractivity contribution >= 4 is 15.9 Å². The molecule has 0 aromatic heterocycles. The molecular weight excluding hydrogens is 188 g/mol. The van der Waals surface area contributed by atoms with Gasteiger partial charge in [0.05, 0.1) is 0 Å². The van der Waals surface area contributed by atoms with Gasteiger partial charge in [-0.3, -0.25) is 0 Å². The summed E-state index contributed by atoms with van der Waals surface area (Å²) in [7, 11) is 0. The Hall–Kier alpha value is 0.480. The second-order valence-corrected chi connectivity index (χ2v) is 4.65. The van der Waals surface area contributed by atoms with Crippen LogP contribution in [0.3, 0.4) is 0 Å². The molecule has 0 fully saturated rings. The molecule has 0 aromatic carbocycles. The van der Waals surface area contributed by atoms with Crippen LogP contribution in [-0.2, 0) is 0 Å². The molecule has 1 atom stereocenters. The summed E-state index contributed by atoms with van der Waals surface area (Å²) in [6, 6.07) is 0. The quantitative estimate of drug-likeness (QED) is 0.616. The van der Waals surface area contributed by atoms with Crippen molar-refractivity contribution in [3.05, 3.63) is 0 Å². The van der Waals surface area contributed by atoms with Gasteiger partial charge in [0.15, 0.2) is 0 Å². The molecule has 1 heteroatoms. The SMILES string of the molecule is CCCC(CBr)C(C)(C)C. The van der Waals surface area contributed by atoms with Gasteiger partial charge in [-0.05, 0) is 17.8 Å². The zero-order valence-corrected chi connectivity index (χ0v) is 9.16. The summed E-state index contributed by atoms with van der Waals surface area (Å²) < 4.78 is 0. The van der Waals surface area contributed by atoms with E-state index in [0.29, 0.717) is 5.41 Å². The highest BCUT2D eigenvalue weighted by Crippen LogP contribution is 2.30. The van der Waals surface area contributed by atoms with E-state index in [2.05, 4.69) is 43.6 Å². The number of alkyl halides is 1. The van der Waals surface area contributed by atoms with Gasteiger partial charge in [-0.1, -0.05) is 50.0 Å². The Morgan fingerprint density at radius 2 is 1.80 bits per heavy atom. The third-order valence-corrected chi connectivity index (χ3v) is 2.83. The van der Waals surface area contributed by atoms with E-state index in [1.165, 1.54) is 12.8 Å². The summed E-state index contributed by atoms with van der Waals surface area (Å²) in [5.74, 6) is 0.831. The zero-order chi connectivity index (χ0) is 8.20. The van der Waals surface area contributed by atoms with Crippen molar-refractivity contribution in [2.75, 3.05) is 5.33 Å². The first-order valence-corrected chi connectivity index (χ1v) is 5.20. The number of halogens is 1. The van der Waals surface area contributed by atoms with Crippen molar-refractivity contribution in [3.8, 4) is 0 Å². The van der Waals surface area contributed by atoms with Gasteiger partial charge in [0.2, 0.25) is 0 Å². The minimum Gasteiger partial charge on any atom is -0.0925 e. The van der Waals surface area contributed by atoms with Crippen LogP contribution in [0.4, 0.5) is 0 Å². The van der Waals surface area contributed by atoms with Gasteiger partial charge < -0.3 is 0 Å². The van der Waals surface area contributed by atoms with Crippen LogP contribution >= 0.6 is 15.9 Å². The van der Waals surface area contributed by atoms with Crippen molar-refractivity contribution < 1.29 is 0 Å². The molecule has 0 spiro atoms. The molecule has 10 heavy (non-hydrogen) atoms. The van der Waals surface area contributed by atoms with Crippen LogP contribution in [0.5, 0.6) is 0 Å². The fraction of sp³-hybridized carbons (Fsp3) is 1.00. The first-order valence-electron chi connectivity index (χ1n) is 4.08. The van der Waals surface area contributed by atoms with Crippen molar-refractivity contribution in [2.45, 2.75) is 40.5 Å². The Morgan fingerprint density at radius 3 is 1.90 bits per heavy atom. The van der Waals surface area contributed by atoms with Crippen LogP contribution in [-0.4, -0.2) is 5.33 Å². The molecule has 0 aromatic rings. The molecule has 0 aliphatic heterocycles. The third kappa shape index (κ3) is 3.60. The van der Waals surface area contributed by atoms with E-state index < -0.39 is 0 Å². The molecule has 0 N–H and O–H groups in total. The van der Waals surface area contributed by atoms with E-state index in [0.717, 1.165) is 11.2 Å². The van der Waals surface area contributed by atoms with E-state index in [1.807, 2.05) is 0 Å². The van der Waals surface area contributed by atoms with Crippen LogP contribution < -0.4 is 0 Å². The maximum Gasteiger partial charge on any atom is 0.00646 e. The molecule has 0 nitrogen and oxygen atoms in total. The van der Waals surface area contributed by atoms with E-state index in [1.54, 1.807) is 0 Å². The minimum atomic E-state index is 0.472. The smallest absolute Gasteiger partial charge is 0.00646 e. The van der Waals surface area contributed by atoms with E-state index in [9.17, 15) is 0 Å². The van der Waals surface area contributed by atoms with Gasteiger partial charge in [-0.25, -0.2) is 0 Å². The first-order chi connectivity index (χ1) is 4.52. The van der Waals surface area contributed by atoms with Crippen molar-refractivity contribution in [2.24, 2.45) is 11.3 Å².